The quantitative estimate of drug-likeness (QED) is 0.584. The maximum absolute atomic E-state index is 12.9. The molecule has 0 saturated carbocycles. The molecule has 4 rings (SSSR count). The highest BCUT2D eigenvalue weighted by Gasteiger charge is 2.23. The van der Waals surface area contributed by atoms with Crippen LogP contribution in [-0.4, -0.2) is 81.3 Å². The van der Waals surface area contributed by atoms with E-state index < -0.39 is 0 Å². The average molecular weight is 436 g/mol. The highest BCUT2D eigenvalue weighted by molar-refractivity contribution is 5.84. The molecule has 9 nitrogen and oxygen atoms in total. The van der Waals surface area contributed by atoms with Crippen molar-refractivity contribution in [2.75, 3.05) is 44.6 Å². The summed E-state index contributed by atoms with van der Waals surface area (Å²) in [5.74, 6) is 0.822. The number of rotatable bonds is 7. The third-order valence-electron chi connectivity index (χ3n) is 5.43. The van der Waals surface area contributed by atoms with Crippen molar-refractivity contribution in [2.24, 2.45) is 0 Å². The molecule has 32 heavy (non-hydrogen) atoms. The fourth-order valence-electron chi connectivity index (χ4n) is 3.87. The van der Waals surface area contributed by atoms with Crippen molar-refractivity contribution >= 4 is 23.3 Å². The number of benzene rings is 1. The Bertz CT molecular complexity index is 1070. The fourth-order valence-corrected chi connectivity index (χ4v) is 3.87. The number of fused-ring (bicyclic) bond motifs is 1. The second-order valence-corrected chi connectivity index (χ2v) is 8.21. The minimum atomic E-state index is 0.0250. The highest BCUT2D eigenvalue weighted by atomic mass is 16.2. The lowest BCUT2D eigenvalue weighted by Crippen LogP contribution is -2.52. The molecule has 0 unspecified atom stereocenters. The van der Waals surface area contributed by atoms with Gasteiger partial charge in [0.2, 0.25) is 11.8 Å². The van der Waals surface area contributed by atoms with E-state index in [1.807, 2.05) is 59.7 Å². The summed E-state index contributed by atoms with van der Waals surface area (Å²) in [5.41, 5.74) is 2.47. The maximum Gasteiger partial charge on any atom is 0.242 e. The van der Waals surface area contributed by atoms with Crippen LogP contribution in [-0.2, 0) is 9.59 Å². The van der Waals surface area contributed by atoms with Gasteiger partial charge >= 0.3 is 0 Å². The molecular formula is C23H29N7O2. The number of aromatic nitrogens is 3. The van der Waals surface area contributed by atoms with Gasteiger partial charge in [0.15, 0.2) is 5.65 Å². The summed E-state index contributed by atoms with van der Waals surface area (Å²) in [7, 11) is 0. The summed E-state index contributed by atoms with van der Waals surface area (Å²) in [6.07, 6.45) is 5.24. The zero-order valence-electron chi connectivity index (χ0n) is 18.5. The first-order valence-electron chi connectivity index (χ1n) is 10.9. The molecule has 9 heteroatoms. The summed E-state index contributed by atoms with van der Waals surface area (Å²) >= 11 is 0. The van der Waals surface area contributed by atoms with E-state index in [4.69, 9.17) is 4.98 Å². The molecule has 3 aromatic rings. The Balaban J connectivity index is 1.38. The van der Waals surface area contributed by atoms with Crippen molar-refractivity contribution in [3.05, 3.63) is 48.9 Å². The van der Waals surface area contributed by atoms with Gasteiger partial charge in [-0.1, -0.05) is 30.3 Å². The number of carbonyl (C=O) groups is 2. The van der Waals surface area contributed by atoms with Gasteiger partial charge in [0, 0.05) is 50.2 Å². The minimum Gasteiger partial charge on any atom is -0.360 e. The zero-order chi connectivity index (χ0) is 22.5. The van der Waals surface area contributed by atoms with Crippen molar-refractivity contribution < 1.29 is 9.59 Å². The van der Waals surface area contributed by atoms with Crippen molar-refractivity contribution in [2.45, 2.75) is 19.9 Å². The van der Waals surface area contributed by atoms with Gasteiger partial charge in [0.25, 0.3) is 0 Å². The summed E-state index contributed by atoms with van der Waals surface area (Å²) in [6.45, 7) is 7.03. The zero-order valence-corrected chi connectivity index (χ0v) is 18.5. The van der Waals surface area contributed by atoms with Gasteiger partial charge < -0.3 is 15.5 Å². The van der Waals surface area contributed by atoms with Gasteiger partial charge in [0.1, 0.15) is 11.5 Å². The first kappa shape index (κ1) is 21.8. The number of imidazole rings is 1. The van der Waals surface area contributed by atoms with Gasteiger partial charge in [-0.3, -0.25) is 23.9 Å². The third kappa shape index (κ3) is 5.05. The molecule has 1 aliphatic heterocycles. The van der Waals surface area contributed by atoms with Crippen LogP contribution in [0.4, 0.5) is 5.82 Å². The second-order valence-electron chi connectivity index (χ2n) is 8.21. The van der Waals surface area contributed by atoms with E-state index in [1.54, 1.807) is 12.4 Å². The Morgan fingerprint density at radius 2 is 1.84 bits per heavy atom. The predicted molar refractivity (Wildman–Crippen MR) is 123 cm³/mol. The van der Waals surface area contributed by atoms with Crippen LogP contribution in [0.1, 0.15) is 13.8 Å². The standard InChI is InChI=1S/C23H29N7O2/c1-17(2)26-20(31)16-28-10-12-29(13-11-28)21(32)15-25-23-22(18-6-4-3-5-7-18)27-19-14-24-8-9-30(19)23/h3-9,14,17,25H,10-13,15-16H2,1-2H3,(H,26,31). The molecule has 0 aliphatic carbocycles. The summed E-state index contributed by atoms with van der Waals surface area (Å²) < 4.78 is 1.91. The normalized spacial score (nSPS) is 14.7. The van der Waals surface area contributed by atoms with E-state index in [0.29, 0.717) is 32.7 Å². The number of hydrogen-bond donors (Lipinski definition) is 2. The van der Waals surface area contributed by atoms with E-state index in [0.717, 1.165) is 22.7 Å². The molecule has 2 amide bonds. The first-order chi connectivity index (χ1) is 15.5. The first-order valence-corrected chi connectivity index (χ1v) is 10.9. The molecule has 1 aliphatic rings. The van der Waals surface area contributed by atoms with Crippen LogP contribution in [0, 0.1) is 0 Å². The molecule has 0 spiro atoms. The number of amides is 2. The maximum atomic E-state index is 12.9. The molecule has 1 fully saturated rings. The molecular weight excluding hydrogens is 406 g/mol. The van der Waals surface area contributed by atoms with E-state index in [2.05, 4.69) is 20.5 Å². The van der Waals surface area contributed by atoms with Crippen LogP contribution in [0.2, 0.25) is 0 Å². The summed E-state index contributed by atoms with van der Waals surface area (Å²) in [4.78, 5) is 37.6. The van der Waals surface area contributed by atoms with Crippen LogP contribution < -0.4 is 10.6 Å². The Kier molecular flexibility index (Phi) is 6.65. The molecule has 168 valence electrons. The molecule has 3 heterocycles. The van der Waals surface area contributed by atoms with E-state index in [-0.39, 0.29) is 24.4 Å². The lowest BCUT2D eigenvalue weighted by Gasteiger charge is -2.34. The van der Waals surface area contributed by atoms with E-state index in [1.165, 1.54) is 0 Å². The molecule has 0 radical (unpaired) electrons. The third-order valence-corrected chi connectivity index (χ3v) is 5.43. The number of hydrogen-bond acceptors (Lipinski definition) is 6. The molecule has 1 saturated heterocycles. The smallest absolute Gasteiger partial charge is 0.242 e. The summed E-state index contributed by atoms with van der Waals surface area (Å²) in [6, 6.07) is 10.0. The Labute approximate surface area is 187 Å². The lowest BCUT2D eigenvalue weighted by molar-refractivity contribution is -0.131. The summed E-state index contributed by atoms with van der Waals surface area (Å²) in [5, 5.41) is 6.21. The molecule has 0 atom stereocenters. The van der Waals surface area contributed by atoms with Crippen LogP contribution in [0.5, 0.6) is 0 Å². The number of nitrogens with one attached hydrogen (secondary N) is 2. The highest BCUT2D eigenvalue weighted by Crippen LogP contribution is 2.28. The molecule has 2 aromatic heterocycles. The lowest BCUT2D eigenvalue weighted by atomic mass is 10.1. The minimum absolute atomic E-state index is 0.0250. The molecule has 0 bridgehead atoms. The SMILES string of the molecule is CC(C)NC(=O)CN1CCN(C(=O)CNc2c(-c3ccccc3)nc3cnccn23)CC1. The van der Waals surface area contributed by atoms with Crippen molar-refractivity contribution in [3.8, 4) is 11.3 Å². The van der Waals surface area contributed by atoms with Crippen LogP contribution in [0.15, 0.2) is 48.9 Å². The number of anilines is 1. The van der Waals surface area contributed by atoms with Gasteiger partial charge in [-0.05, 0) is 13.8 Å². The van der Waals surface area contributed by atoms with Crippen LogP contribution >= 0.6 is 0 Å². The number of carbonyl (C=O) groups excluding carboxylic acids is 2. The van der Waals surface area contributed by atoms with Gasteiger partial charge in [-0.25, -0.2) is 4.98 Å². The largest absolute Gasteiger partial charge is 0.360 e. The fraction of sp³-hybridized carbons (Fsp3) is 0.391. The number of piperazine rings is 1. The topological polar surface area (TPSA) is 94.9 Å². The molecule has 2 N–H and O–H groups in total. The van der Waals surface area contributed by atoms with Gasteiger partial charge in [-0.2, -0.15) is 0 Å². The van der Waals surface area contributed by atoms with Crippen molar-refractivity contribution in [1.82, 2.24) is 29.5 Å². The van der Waals surface area contributed by atoms with Crippen molar-refractivity contribution in [3.63, 3.8) is 0 Å². The monoisotopic (exact) mass is 435 g/mol. The average Bonchev–Trinajstić information content (AvgIpc) is 3.16. The Morgan fingerprint density at radius 3 is 2.56 bits per heavy atom. The Hall–Kier alpha value is -3.46. The van der Waals surface area contributed by atoms with Crippen LogP contribution in [0.3, 0.4) is 0 Å². The predicted octanol–water partition coefficient (Wildman–Crippen LogP) is 1.48. The van der Waals surface area contributed by atoms with Gasteiger partial charge in [-0.15, -0.1) is 0 Å². The van der Waals surface area contributed by atoms with Crippen molar-refractivity contribution in [1.29, 1.82) is 0 Å². The van der Waals surface area contributed by atoms with Crippen LogP contribution in [0.25, 0.3) is 16.9 Å². The Morgan fingerprint density at radius 1 is 1.09 bits per heavy atom. The van der Waals surface area contributed by atoms with Gasteiger partial charge in [0.05, 0.1) is 19.3 Å². The second kappa shape index (κ2) is 9.78. The van der Waals surface area contributed by atoms with E-state index in [9.17, 15) is 9.59 Å². The molecule has 1 aromatic carbocycles. The van der Waals surface area contributed by atoms with E-state index >= 15 is 0 Å². The number of nitrogens with zero attached hydrogens (tertiary/aromatic N) is 5.